The summed E-state index contributed by atoms with van der Waals surface area (Å²) < 4.78 is 11.6. The van der Waals surface area contributed by atoms with Gasteiger partial charge >= 0.3 is 0 Å². The van der Waals surface area contributed by atoms with Crippen LogP contribution >= 0.6 is 12.2 Å². The lowest BCUT2D eigenvalue weighted by Crippen LogP contribution is -2.46. The van der Waals surface area contributed by atoms with Gasteiger partial charge in [-0.05, 0) is 63.9 Å². The lowest BCUT2D eigenvalue weighted by atomic mass is 9.94. The summed E-state index contributed by atoms with van der Waals surface area (Å²) in [7, 11) is 0. The number of thiocarbonyl (C=S) groups is 1. The number of ether oxygens (including phenoxy) is 1. The molecule has 184 valence electrons. The van der Waals surface area contributed by atoms with E-state index in [1.54, 1.807) is 0 Å². The van der Waals surface area contributed by atoms with E-state index in [0.717, 1.165) is 41.8 Å². The molecule has 7 heteroatoms. The first-order valence-corrected chi connectivity index (χ1v) is 12.7. The molecule has 0 fully saturated rings. The van der Waals surface area contributed by atoms with Gasteiger partial charge in [-0.15, -0.1) is 0 Å². The Bertz CT molecular complexity index is 1180. The molecule has 2 heterocycles. The molecule has 0 saturated carbocycles. The highest BCUT2D eigenvalue weighted by Crippen LogP contribution is 2.37. The number of benzene rings is 2. The van der Waals surface area contributed by atoms with E-state index in [4.69, 9.17) is 26.5 Å². The lowest BCUT2D eigenvalue weighted by Gasteiger charge is -2.37. The Balaban J connectivity index is 1.69. The van der Waals surface area contributed by atoms with E-state index in [9.17, 15) is 0 Å². The van der Waals surface area contributed by atoms with Gasteiger partial charge in [0.15, 0.2) is 5.11 Å². The van der Waals surface area contributed by atoms with E-state index < -0.39 is 0 Å². The molecule has 0 radical (unpaired) electrons. The van der Waals surface area contributed by atoms with E-state index >= 15 is 0 Å². The zero-order valence-electron chi connectivity index (χ0n) is 21.2. The van der Waals surface area contributed by atoms with Crippen molar-refractivity contribution in [2.75, 3.05) is 13.2 Å². The monoisotopic (exact) mass is 490 g/mol. The molecule has 0 aliphatic carbocycles. The van der Waals surface area contributed by atoms with Gasteiger partial charge in [-0.1, -0.05) is 66.2 Å². The van der Waals surface area contributed by atoms with Crippen molar-refractivity contribution in [2.45, 2.75) is 59.6 Å². The van der Waals surface area contributed by atoms with E-state index in [-0.39, 0.29) is 12.1 Å². The van der Waals surface area contributed by atoms with Gasteiger partial charge in [-0.25, -0.2) is 0 Å². The van der Waals surface area contributed by atoms with Crippen LogP contribution in [0.3, 0.4) is 0 Å². The van der Waals surface area contributed by atoms with Crippen LogP contribution in [0.5, 0.6) is 0 Å². The highest BCUT2D eigenvalue weighted by molar-refractivity contribution is 7.80. The molecular weight excluding hydrogens is 456 g/mol. The number of aryl methyl sites for hydroxylation is 2. The Morgan fingerprint density at radius 2 is 1.80 bits per heavy atom. The Kier molecular flexibility index (Phi) is 7.98. The number of hydrogen-bond acceptors (Lipinski definition) is 5. The molecule has 35 heavy (non-hydrogen) atoms. The van der Waals surface area contributed by atoms with Crippen LogP contribution in [-0.2, 0) is 11.2 Å². The number of allylic oxidation sites excluding steroid dienone is 1. The fraction of sp³-hybridized carbons (Fsp3) is 0.393. The fourth-order valence-electron chi connectivity index (χ4n) is 4.22. The maximum absolute atomic E-state index is 5.85. The smallest absolute Gasteiger partial charge is 0.258 e. The lowest BCUT2D eigenvalue weighted by molar-refractivity contribution is 0.0749. The predicted molar refractivity (Wildman–Crippen MR) is 144 cm³/mol. The minimum absolute atomic E-state index is 0.179. The molecule has 6 nitrogen and oxygen atoms in total. The summed E-state index contributed by atoms with van der Waals surface area (Å²) in [5.41, 5.74) is 6.47. The number of rotatable bonds is 9. The standard InChI is InChI=1S/C28H34N4O2S/c1-6-21-10-14-23(15-11-21)26-30-27(34-31-26)24-20(5)32(16-7-17-33-18(2)3)28(35)29-25(24)22-12-8-19(4)9-13-22/h8-15,18,25H,6-7,16-17H2,1-5H3,(H,29,35). The summed E-state index contributed by atoms with van der Waals surface area (Å²) in [4.78, 5) is 6.92. The van der Waals surface area contributed by atoms with Crippen LogP contribution < -0.4 is 5.32 Å². The Labute approximate surface area is 213 Å². The summed E-state index contributed by atoms with van der Waals surface area (Å²) in [6.45, 7) is 11.8. The van der Waals surface area contributed by atoms with Crippen LogP contribution in [-0.4, -0.2) is 39.4 Å². The fourth-order valence-corrected chi connectivity index (χ4v) is 4.56. The van der Waals surface area contributed by atoms with Crippen molar-refractivity contribution in [3.05, 3.63) is 76.8 Å². The Morgan fingerprint density at radius 3 is 2.46 bits per heavy atom. The third kappa shape index (κ3) is 5.80. The molecule has 1 N–H and O–H groups in total. The van der Waals surface area contributed by atoms with Crippen LogP contribution in [0.15, 0.2) is 58.8 Å². The SMILES string of the molecule is CCc1ccc(-c2noc(C3=C(C)N(CCCOC(C)C)C(=S)NC3c3ccc(C)cc3)n2)cc1. The first-order chi connectivity index (χ1) is 16.9. The molecule has 0 bridgehead atoms. The molecule has 1 aliphatic heterocycles. The van der Waals surface area contributed by atoms with E-state index in [1.165, 1.54) is 11.1 Å². The topological polar surface area (TPSA) is 63.4 Å². The summed E-state index contributed by atoms with van der Waals surface area (Å²) in [5.74, 6) is 1.08. The van der Waals surface area contributed by atoms with Gasteiger partial charge in [0.25, 0.3) is 5.89 Å². The quantitative estimate of drug-likeness (QED) is 0.288. The molecule has 2 aromatic carbocycles. The Hall–Kier alpha value is -3.03. The first kappa shape index (κ1) is 25.1. The van der Waals surface area contributed by atoms with Crippen molar-refractivity contribution < 1.29 is 9.26 Å². The maximum atomic E-state index is 5.85. The predicted octanol–water partition coefficient (Wildman–Crippen LogP) is 6.08. The van der Waals surface area contributed by atoms with Crippen molar-refractivity contribution in [1.82, 2.24) is 20.4 Å². The summed E-state index contributed by atoms with van der Waals surface area (Å²) in [6, 6.07) is 16.6. The van der Waals surface area contributed by atoms with Gasteiger partial charge in [0.1, 0.15) is 0 Å². The molecule has 0 spiro atoms. The van der Waals surface area contributed by atoms with Gasteiger partial charge in [-0.3, -0.25) is 0 Å². The van der Waals surface area contributed by atoms with Gasteiger partial charge in [0.05, 0.1) is 17.7 Å². The Morgan fingerprint density at radius 1 is 1.09 bits per heavy atom. The van der Waals surface area contributed by atoms with Gasteiger partial charge in [0.2, 0.25) is 5.82 Å². The number of nitrogens with one attached hydrogen (secondary N) is 1. The van der Waals surface area contributed by atoms with Gasteiger partial charge < -0.3 is 19.5 Å². The summed E-state index contributed by atoms with van der Waals surface area (Å²) >= 11 is 5.79. The highest BCUT2D eigenvalue weighted by Gasteiger charge is 2.33. The van der Waals surface area contributed by atoms with E-state index in [1.807, 2.05) is 26.0 Å². The third-order valence-corrected chi connectivity index (χ3v) is 6.60. The van der Waals surface area contributed by atoms with Crippen LogP contribution in [0.2, 0.25) is 0 Å². The van der Waals surface area contributed by atoms with E-state index in [2.05, 4.69) is 72.5 Å². The average molecular weight is 491 g/mol. The van der Waals surface area contributed by atoms with Crippen molar-refractivity contribution in [3.63, 3.8) is 0 Å². The largest absolute Gasteiger partial charge is 0.379 e. The molecule has 1 aromatic heterocycles. The zero-order chi connectivity index (χ0) is 24.9. The first-order valence-electron chi connectivity index (χ1n) is 12.3. The summed E-state index contributed by atoms with van der Waals surface area (Å²) in [5, 5.41) is 8.53. The second-order valence-corrected chi connectivity index (χ2v) is 9.58. The second-order valence-electron chi connectivity index (χ2n) is 9.19. The van der Waals surface area contributed by atoms with Crippen LogP contribution in [0.4, 0.5) is 0 Å². The second kappa shape index (κ2) is 11.1. The van der Waals surface area contributed by atoms with Crippen LogP contribution in [0, 0.1) is 6.92 Å². The number of nitrogens with zero attached hydrogens (tertiary/aromatic N) is 3. The molecule has 1 aliphatic rings. The van der Waals surface area contributed by atoms with E-state index in [0.29, 0.717) is 23.4 Å². The number of hydrogen-bond donors (Lipinski definition) is 1. The molecule has 0 saturated heterocycles. The minimum Gasteiger partial charge on any atom is -0.379 e. The molecule has 1 atom stereocenters. The van der Waals surface area contributed by atoms with Crippen molar-refractivity contribution >= 4 is 22.9 Å². The number of aromatic nitrogens is 2. The van der Waals surface area contributed by atoms with Crippen molar-refractivity contribution in [2.24, 2.45) is 0 Å². The van der Waals surface area contributed by atoms with Gasteiger partial charge in [-0.2, -0.15) is 4.98 Å². The van der Waals surface area contributed by atoms with Crippen molar-refractivity contribution in [1.29, 1.82) is 0 Å². The average Bonchev–Trinajstić information content (AvgIpc) is 3.33. The molecular formula is C28H34N4O2S. The minimum atomic E-state index is -0.179. The normalized spacial score (nSPS) is 16.2. The molecule has 0 amide bonds. The molecule has 4 rings (SSSR count). The van der Waals surface area contributed by atoms with Gasteiger partial charge in [0, 0.05) is 24.4 Å². The third-order valence-electron chi connectivity index (χ3n) is 6.26. The van der Waals surface area contributed by atoms with Crippen LogP contribution in [0.1, 0.15) is 62.7 Å². The summed E-state index contributed by atoms with van der Waals surface area (Å²) in [6.07, 6.45) is 2.06. The zero-order valence-corrected chi connectivity index (χ0v) is 22.0. The van der Waals surface area contributed by atoms with Crippen molar-refractivity contribution in [3.8, 4) is 11.4 Å². The highest BCUT2D eigenvalue weighted by atomic mass is 32.1. The molecule has 3 aromatic rings. The molecule has 1 unspecified atom stereocenters. The maximum Gasteiger partial charge on any atom is 0.258 e. The van der Waals surface area contributed by atoms with Crippen LogP contribution in [0.25, 0.3) is 17.0 Å².